The van der Waals surface area contributed by atoms with Crippen molar-refractivity contribution in [3.63, 3.8) is 0 Å². The van der Waals surface area contributed by atoms with Crippen molar-refractivity contribution in [2.45, 2.75) is 6.54 Å². The molecule has 2 aromatic carbocycles. The highest BCUT2D eigenvalue weighted by molar-refractivity contribution is 6.30. The van der Waals surface area contributed by atoms with Crippen LogP contribution in [0.1, 0.15) is 5.56 Å². The van der Waals surface area contributed by atoms with Crippen molar-refractivity contribution in [1.82, 2.24) is 4.90 Å². The van der Waals surface area contributed by atoms with Crippen molar-refractivity contribution >= 4 is 23.2 Å². The third-order valence-corrected chi connectivity index (χ3v) is 3.88. The van der Waals surface area contributed by atoms with Gasteiger partial charge in [-0.15, -0.1) is 0 Å². The van der Waals surface area contributed by atoms with Crippen LogP contribution >= 0.6 is 11.6 Å². The van der Waals surface area contributed by atoms with Crippen molar-refractivity contribution in [2.75, 3.05) is 32.6 Å². The lowest BCUT2D eigenvalue weighted by atomic mass is 10.2. The Morgan fingerprint density at radius 2 is 1.83 bits per heavy atom. The Kier molecular flexibility index (Phi) is 5.88. The highest BCUT2D eigenvalue weighted by Crippen LogP contribution is 2.23. The minimum Gasteiger partial charge on any atom is -0.496 e. The molecule has 0 aliphatic heterocycles. The first-order chi connectivity index (χ1) is 11.0. The van der Waals surface area contributed by atoms with Gasteiger partial charge in [0, 0.05) is 36.9 Å². The molecule has 0 fully saturated rings. The van der Waals surface area contributed by atoms with Crippen molar-refractivity contribution < 1.29 is 9.53 Å². The molecule has 0 radical (unpaired) electrons. The van der Waals surface area contributed by atoms with Crippen LogP contribution in [0.2, 0.25) is 5.02 Å². The van der Waals surface area contributed by atoms with Crippen LogP contribution in [0, 0.1) is 0 Å². The van der Waals surface area contributed by atoms with Gasteiger partial charge in [0.1, 0.15) is 5.75 Å². The van der Waals surface area contributed by atoms with Crippen molar-refractivity contribution in [2.24, 2.45) is 0 Å². The summed E-state index contributed by atoms with van der Waals surface area (Å²) in [7, 11) is 5.29. The average Bonchev–Trinajstić information content (AvgIpc) is 2.55. The molecule has 0 bridgehead atoms. The Balaban J connectivity index is 2.02. The molecule has 23 heavy (non-hydrogen) atoms. The summed E-state index contributed by atoms with van der Waals surface area (Å²) in [6.07, 6.45) is 0. The van der Waals surface area contributed by atoms with Crippen LogP contribution in [-0.2, 0) is 11.3 Å². The Labute approximate surface area is 142 Å². The number of hydrogen-bond acceptors (Lipinski definition) is 3. The van der Waals surface area contributed by atoms with Crippen molar-refractivity contribution in [1.29, 1.82) is 0 Å². The standard InChI is InChI=1S/C18H21ClN2O2/c1-20(16-7-5-4-6-8-16)13-18(22)21(2)12-14-11-15(19)9-10-17(14)23-3/h4-11H,12-13H2,1-3H3. The zero-order valence-electron chi connectivity index (χ0n) is 13.6. The monoisotopic (exact) mass is 332 g/mol. The van der Waals surface area contributed by atoms with Crippen molar-refractivity contribution in [3.8, 4) is 5.75 Å². The topological polar surface area (TPSA) is 32.8 Å². The van der Waals surface area contributed by atoms with Crippen LogP contribution in [-0.4, -0.2) is 38.6 Å². The molecule has 2 rings (SSSR count). The molecule has 0 saturated heterocycles. The summed E-state index contributed by atoms with van der Waals surface area (Å²) in [5, 5.41) is 0.628. The summed E-state index contributed by atoms with van der Waals surface area (Å²) < 4.78 is 5.32. The predicted molar refractivity (Wildman–Crippen MR) is 94.2 cm³/mol. The van der Waals surface area contributed by atoms with E-state index in [-0.39, 0.29) is 5.91 Å². The Hall–Kier alpha value is -2.20. The first kappa shape index (κ1) is 17.2. The fourth-order valence-corrected chi connectivity index (χ4v) is 2.51. The zero-order chi connectivity index (χ0) is 16.8. The van der Waals surface area contributed by atoms with Gasteiger partial charge in [0.15, 0.2) is 0 Å². The van der Waals surface area contributed by atoms with E-state index in [1.54, 1.807) is 25.1 Å². The van der Waals surface area contributed by atoms with Crippen LogP contribution < -0.4 is 9.64 Å². The molecule has 2 aromatic rings. The molecule has 122 valence electrons. The van der Waals surface area contributed by atoms with Gasteiger partial charge in [0.05, 0.1) is 13.7 Å². The average molecular weight is 333 g/mol. The second-order valence-corrected chi connectivity index (χ2v) is 5.83. The molecule has 1 amide bonds. The normalized spacial score (nSPS) is 10.3. The first-order valence-corrected chi connectivity index (χ1v) is 7.71. The summed E-state index contributed by atoms with van der Waals surface area (Å²) in [5.74, 6) is 0.754. The third kappa shape index (κ3) is 4.63. The lowest BCUT2D eigenvalue weighted by molar-refractivity contribution is -0.128. The van der Waals surface area contributed by atoms with E-state index in [2.05, 4.69) is 0 Å². The Morgan fingerprint density at radius 3 is 2.48 bits per heavy atom. The molecule has 0 aliphatic rings. The predicted octanol–water partition coefficient (Wildman–Crippen LogP) is 3.44. The van der Waals surface area contributed by atoms with E-state index in [0.717, 1.165) is 17.0 Å². The largest absolute Gasteiger partial charge is 0.496 e. The number of carbonyl (C=O) groups is 1. The van der Waals surface area contributed by atoms with Gasteiger partial charge in [-0.1, -0.05) is 29.8 Å². The summed E-state index contributed by atoms with van der Waals surface area (Å²) in [4.78, 5) is 16.0. The number of hydrogen-bond donors (Lipinski definition) is 0. The van der Waals surface area contributed by atoms with Crippen LogP contribution in [0.4, 0.5) is 5.69 Å². The number of para-hydroxylation sites is 1. The number of carbonyl (C=O) groups excluding carboxylic acids is 1. The Bertz CT molecular complexity index is 661. The molecule has 0 aliphatic carbocycles. The van der Waals surface area contributed by atoms with Crippen LogP contribution in [0.3, 0.4) is 0 Å². The lowest BCUT2D eigenvalue weighted by Gasteiger charge is -2.24. The number of anilines is 1. The third-order valence-electron chi connectivity index (χ3n) is 3.65. The summed E-state index contributed by atoms with van der Waals surface area (Å²) in [6, 6.07) is 15.2. The van der Waals surface area contributed by atoms with Gasteiger partial charge in [-0.3, -0.25) is 4.79 Å². The minimum absolute atomic E-state index is 0.0263. The van der Waals surface area contributed by atoms with Crippen LogP contribution in [0.5, 0.6) is 5.75 Å². The Morgan fingerprint density at radius 1 is 1.13 bits per heavy atom. The van der Waals surface area contributed by atoms with Crippen LogP contribution in [0.15, 0.2) is 48.5 Å². The maximum atomic E-state index is 12.4. The number of ether oxygens (including phenoxy) is 1. The van der Waals surface area contributed by atoms with E-state index in [1.807, 2.05) is 54.4 Å². The van der Waals surface area contributed by atoms with Crippen molar-refractivity contribution in [3.05, 3.63) is 59.1 Å². The smallest absolute Gasteiger partial charge is 0.242 e. The number of methoxy groups -OCH3 is 1. The highest BCUT2D eigenvalue weighted by Gasteiger charge is 2.14. The van der Waals surface area contributed by atoms with Gasteiger partial charge in [0.25, 0.3) is 0 Å². The van der Waals surface area contributed by atoms with E-state index in [9.17, 15) is 4.79 Å². The summed E-state index contributed by atoms with van der Waals surface area (Å²) in [6.45, 7) is 0.759. The molecule has 0 spiro atoms. The molecule has 0 saturated carbocycles. The molecule has 0 unspecified atom stereocenters. The van der Waals surface area contributed by atoms with Crippen LogP contribution in [0.25, 0.3) is 0 Å². The van der Waals surface area contributed by atoms with E-state index < -0.39 is 0 Å². The molecule has 0 aromatic heterocycles. The number of halogens is 1. The second kappa shape index (κ2) is 7.88. The van der Waals surface area contributed by atoms with E-state index in [1.165, 1.54) is 0 Å². The van der Waals surface area contributed by atoms with E-state index >= 15 is 0 Å². The lowest BCUT2D eigenvalue weighted by Crippen LogP contribution is -2.36. The SMILES string of the molecule is COc1ccc(Cl)cc1CN(C)C(=O)CN(C)c1ccccc1. The minimum atomic E-state index is 0.0263. The maximum Gasteiger partial charge on any atom is 0.242 e. The molecule has 0 N–H and O–H groups in total. The molecule has 0 heterocycles. The summed E-state index contributed by atoms with van der Waals surface area (Å²) in [5.41, 5.74) is 1.90. The highest BCUT2D eigenvalue weighted by atomic mass is 35.5. The van der Waals surface area contributed by atoms with Gasteiger partial charge >= 0.3 is 0 Å². The number of amides is 1. The number of benzene rings is 2. The van der Waals surface area contributed by atoms with Gasteiger partial charge in [-0.25, -0.2) is 0 Å². The number of nitrogens with zero attached hydrogens (tertiary/aromatic N) is 2. The fourth-order valence-electron chi connectivity index (χ4n) is 2.31. The fraction of sp³-hybridized carbons (Fsp3) is 0.278. The molecular weight excluding hydrogens is 312 g/mol. The molecule has 5 heteroatoms. The van der Waals surface area contributed by atoms with Gasteiger partial charge in [-0.05, 0) is 30.3 Å². The van der Waals surface area contributed by atoms with Gasteiger partial charge in [-0.2, -0.15) is 0 Å². The quantitative estimate of drug-likeness (QED) is 0.812. The number of likely N-dealkylation sites (N-methyl/N-ethyl adjacent to an activating group) is 2. The molecule has 4 nitrogen and oxygen atoms in total. The second-order valence-electron chi connectivity index (χ2n) is 5.40. The first-order valence-electron chi connectivity index (χ1n) is 7.34. The molecule has 0 atom stereocenters. The summed E-state index contributed by atoms with van der Waals surface area (Å²) >= 11 is 6.03. The van der Waals surface area contributed by atoms with E-state index in [0.29, 0.717) is 18.1 Å². The van der Waals surface area contributed by atoms with Gasteiger partial charge < -0.3 is 14.5 Å². The van der Waals surface area contributed by atoms with E-state index in [4.69, 9.17) is 16.3 Å². The van der Waals surface area contributed by atoms with Gasteiger partial charge in [0.2, 0.25) is 5.91 Å². The molecular formula is C18H21ClN2O2. The zero-order valence-corrected chi connectivity index (χ0v) is 14.4. The number of rotatable bonds is 6. The maximum absolute atomic E-state index is 12.4.